The van der Waals surface area contributed by atoms with Crippen molar-refractivity contribution in [3.05, 3.63) is 47.6 Å². The summed E-state index contributed by atoms with van der Waals surface area (Å²) < 4.78 is 18.7. The highest BCUT2D eigenvalue weighted by Gasteiger charge is 2.21. The number of carbonyl (C=O) groups is 1. The van der Waals surface area contributed by atoms with Crippen molar-refractivity contribution >= 4 is 35.0 Å². The Morgan fingerprint density at radius 2 is 2.03 bits per heavy atom. The van der Waals surface area contributed by atoms with Crippen LogP contribution in [0.15, 0.2) is 47.8 Å². The summed E-state index contributed by atoms with van der Waals surface area (Å²) in [6.07, 6.45) is 1.82. The molecule has 1 amide bonds. The summed E-state index contributed by atoms with van der Waals surface area (Å²) in [6.45, 7) is 5.70. The first-order valence-corrected chi connectivity index (χ1v) is 11.5. The van der Waals surface area contributed by atoms with Crippen LogP contribution in [0.3, 0.4) is 0 Å². The van der Waals surface area contributed by atoms with Gasteiger partial charge in [-0.2, -0.15) is 0 Å². The molecule has 0 aliphatic carbocycles. The van der Waals surface area contributed by atoms with E-state index < -0.39 is 0 Å². The first kappa shape index (κ1) is 22.4. The number of anilines is 1. The van der Waals surface area contributed by atoms with E-state index in [1.54, 1.807) is 25.3 Å². The van der Waals surface area contributed by atoms with Crippen molar-refractivity contribution in [2.24, 2.45) is 0 Å². The summed E-state index contributed by atoms with van der Waals surface area (Å²) in [5.41, 5.74) is 2.47. The van der Waals surface area contributed by atoms with Crippen LogP contribution >= 0.6 is 23.4 Å². The van der Waals surface area contributed by atoms with Gasteiger partial charge in [-0.1, -0.05) is 23.4 Å². The molecule has 1 atom stereocenters. The molecule has 0 saturated carbocycles. The van der Waals surface area contributed by atoms with E-state index in [9.17, 15) is 4.79 Å². The maximum atomic E-state index is 12.8. The Morgan fingerprint density at radius 3 is 2.78 bits per heavy atom. The minimum Gasteiger partial charge on any atom is -0.495 e. The van der Waals surface area contributed by atoms with Gasteiger partial charge in [-0.05, 0) is 50.2 Å². The fourth-order valence-electron chi connectivity index (χ4n) is 3.42. The summed E-state index contributed by atoms with van der Waals surface area (Å²) in [4.78, 5) is 17.4. The fraction of sp³-hybridized carbons (Fsp3) is 0.304. The zero-order valence-electron chi connectivity index (χ0n) is 18.1. The van der Waals surface area contributed by atoms with Gasteiger partial charge in [0.05, 0.1) is 29.9 Å². The van der Waals surface area contributed by atoms with Gasteiger partial charge in [0.1, 0.15) is 19.0 Å². The number of rotatable bonds is 7. The molecular formula is C23H24ClN3O4S. The number of aromatic nitrogens is 2. The molecule has 0 bridgehead atoms. The fourth-order valence-corrected chi connectivity index (χ4v) is 4.54. The zero-order valence-corrected chi connectivity index (χ0v) is 19.6. The minimum atomic E-state index is -0.389. The number of benzene rings is 2. The van der Waals surface area contributed by atoms with Gasteiger partial charge < -0.3 is 24.1 Å². The van der Waals surface area contributed by atoms with E-state index in [1.807, 2.05) is 31.3 Å². The molecule has 0 spiro atoms. The molecule has 9 heteroatoms. The Balaban J connectivity index is 1.52. The van der Waals surface area contributed by atoms with Gasteiger partial charge >= 0.3 is 0 Å². The first-order chi connectivity index (χ1) is 15.5. The van der Waals surface area contributed by atoms with Gasteiger partial charge in [0.2, 0.25) is 5.91 Å². The maximum Gasteiger partial charge on any atom is 0.237 e. The third kappa shape index (κ3) is 4.66. The number of amides is 1. The number of hydrogen-bond acceptors (Lipinski definition) is 6. The number of nitrogens with one attached hydrogen (secondary N) is 1. The maximum absolute atomic E-state index is 12.8. The zero-order chi connectivity index (χ0) is 22.7. The first-order valence-electron chi connectivity index (χ1n) is 10.3. The Bertz CT molecular complexity index is 1130. The SMILES string of the molecule is CCn1c(-c2ccc3c(c2)OCCO3)cnc1SC(C)C(=O)Nc1cc(Cl)ccc1OC. The number of imidazole rings is 1. The van der Waals surface area contributed by atoms with Crippen molar-refractivity contribution in [2.75, 3.05) is 25.6 Å². The normalized spacial score (nSPS) is 13.5. The van der Waals surface area contributed by atoms with Crippen LogP contribution in [0, 0.1) is 0 Å². The molecular weight excluding hydrogens is 450 g/mol. The Labute approximate surface area is 196 Å². The van der Waals surface area contributed by atoms with Crippen molar-refractivity contribution in [1.82, 2.24) is 9.55 Å². The molecule has 1 aromatic heterocycles. The molecule has 168 valence electrons. The number of carbonyl (C=O) groups excluding carboxylic acids is 1. The van der Waals surface area contributed by atoms with Crippen molar-refractivity contribution < 1.29 is 19.0 Å². The van der Waals surface area contributed by atoms with E-state index in [-0.39, 0.29) is 11.2 Å². The molecule has 2 heterocycles. The second kappa shape index (κ2) is 9.75. The standard InChI is InChI=1S/C23H24ClN3O4S/c1-4-27-18(15-5-7-20-21(11-15)31-10-9-30-20)13-25-23(27)32-14(2)22(28)26-17-12-16(24)6-8-19(17)29-3/h5-8,11-14H,4,9-10H2,1-3H3,(H,26,28). The van der Waals surface area contributed by atoms with Gasteiger partial charge in [-0.15, -0.1) is 0 Å². The monoisotopic (exact) mass is 473 g/mol. The number of thioether (sulfide) groups is 1. The molecule has 2 aromatic carbocycles. The van der Waals surface area contributed by atoms with Gasteiger partial charge in [-0.25, -0.2) is 4.98 Å². The molecule has 0 fully saturated rings. The van der Waals surface area contributed by atoms with Crippen molar-refractivity contribution in [3.8, 4) is 28.5 Å². The summed E-state index contributed by atoms with van der Waals surface area (Å²) in [5.74, 6) is 1.87. The number of ether oxygens (including phenoxy) is 3. The van der Waals surface area contributed by atoms with E-state index in [0.717, 1.165) is 27.9 Å². The molecule has 1 aliphatic rings. The van der Waals surface area contributed by atoms with Crippen molar-refractivity contribution in [2.45, 2.75) is 30.8 Å². The largest absolute Gasteiger partial charge is 0.495 e. The van der Waals surface area contributed by atoms with Crippen LogP contribution in [0.4, 0.5) is 5.69 Å². The van der Waals surface area contributed by atoms with Gasteiger partial charge in [0.25, 0.3) is 0 Å². The topological polar surface area (TPSA) is 74.6 Å². The lowest BCUT2D eigenvalue weighted by atomic mass is 10.1. The molecule has 32 heavy (non-hydrogen) atoms. The number of nitrogens with zero attached hydrogens (tertiary/aromatic N) is 2. The molecule has 4 rings (SSSR count). The molecule has 0 saturated heterocycles. The van der Waals surface area contributed by atoms with E-state index >= 15 is 0 Å². The van der Waals surface area contributed by atoms with Gasteiger partial charge in [0, 0.05) is 17.1 Å². The Hall–Kier alpha value is -2.84. The molecule has 1 unspecified atom stereocenters. The molecule has 0 radical (unpaired) electrons. The van der Waals surface area contributed by atoms with E-state index in [1.165, 1.54) is 11.8 Å². The lowest BCUT2D eigenvalue weighted by Crippen LogP contribution is -2.23. The van der Waals surface area contributed by atoms with Crippen LogP contribution in [0.5, 0.6) is 17.2 Å². The third-order valence-corrected chi connectivity index (χ3v) is 6.38. The van der Waals surface area contributed by atoms with E-state index in [2.05, 4.69) is 21.8 Å². The summed E-state index contributed by atoms with van der Waals surface area (Å²) >= 11 is 7.46. The highest BCUT2D eigenvalue weighted by atomic mass is 35.5. The minimum absolute atomic E-state index is 0.165. The van der Waals surface area contributed by atoms with Crippen LogP contribution in [-0.2, 0) is 11.3 Å². The number of halogens is 1. The number of fused-ring (bicyclic) bond motifs is 1. The smallest absolute Gasteiger partial charge is 0.237 e. The van der Waals surface area contributed by atoms with Crippen molar-refractivity contribution in [1.29, 1.82) is 0 Å². The second-order valence-electron chi connectivity index (χ2n) is 7.12. The quantitative estimate of drug-likeness (QED) is 0.480. The van der Waals surface area contributed by atoms with Crippen LogP contribution in [0.2, 0.25) is 5.02 Å². The number of hydrogen-bond donors (Lipinski definition) is 1. The molecule has 1 aliphatic heterocycles. The van der Waals surface area contributed by atoms with Crippen LogP contribution in [-0.4, -0.2) is 41.0 Å². The predicted molar refractivity (Wildman–Crippen MR) is 126 cm³/mol. The summed E-state index contributed by atoms with van der Waals surface area (Å²) in [7, 11) is 1.55. The summed E-state index contributed by atoms with van der Waals surface area (Å²) in [6, 6.07) is 11.0. The molecule has 1 N–H and O–H groups in total. The van der Waals surface area contributed by atoms with Crippen LogP contribution in [0.1, 0.15) is 13.8 Å². The predicted octanol–water partition coefficient (Wildman–Crippen LogP) is 5.12. The summed E-state index contributed by atoms with van der Waals surface area (Å²) in [5, 5.41) is 3.79. The molecule has 7 nitrogen and oxygen atoms in total. The van der Waals surface area contributed by atoms with E-state index in [0.29, 0.717) is 36.2 Å². The number of methoxy groups -OCH3 is 1. The Kier molecular flexibility index (Phi) is 6.81. The Morgan fingerprint density at radius 1 is 1.25 bits per heavy atom. The average Bonchev–Trinajstić information content (AvgIpc) is 3.21. The highest BCUT2D eigenvalue weighted by Crippen LogP contribution is 2.36. The van der Waals surface area contributed by atoms with Crippen LogP contribution < -0.4 is 19.5 Å². The lowest BCUT2D eigenvalue weighted by molar-refractivity contribution is -0.115. The van der Waals surface area contributed by atoms with Crippen LogP contribution in [0.25, 0.3) is 11.3 Å². The third-order valence-electron chi connectivity index (χ3n) is 5.04. The van der Waals surface area contributed by atoms with Gasteiger partial charge in [0.15, 0.2) is 16.7 Å². The lowest BCUT2D eigenvalue weighted by Gasteiger charge is -2.19. The highest BCUT2D eigenvalue weighted by molar-refractivity contribution is 8.00. The van der Waals surface area contributed by atoms with Gasteiger partial charge in [-0.3, -0.25) is 4.79 Å². The average molecular weight is 474 g/mol. The van der Waals surface area contributed by atoms with Crippen molar-refractivity contribution in [3.63, 3.8) is 0 Å². The molecule has 3 aromatic rings. The van der Waals surface area contributed by atoms with E-state index in [4.69, 9.17) is 25.8 Å². The second-order valence-corrected chi connectivity index (χ2v) is 8.87.